The zero-order valence-electron chi connectivity index (χ0n) is 12.4. The average molecular weight is 360 g/mol. The van der Waals surface area contributed by atoms with Crippen LogP contribution >= 0.6 is 27.3 Å². The molecule has 1 aromatic heterocycles. The molecule has 0 aliphatic carbocycles. The normalized spacial score (nSPS) is 22.9. The summed E-state index contributed by atoms with van der Waals surface area (Å²) in [5.74, 6) is 0.157. The molecule has 2 heterocycles. The molecule has 1 aromatic rings. The average Bonchev–Trinajstić information content (AvgIpc) is 2.76. The van der Waals surface area contributed by atoms with E-state index >= 15 is 0 Å². The molecule has 4 nitrogen and oxygen atoms in total. The van der Waals surface area contributed by atoms with Gasteiger partial charge in [0.2, 0.25) is 5.91 Å². The molecule has 0 bridgehead atoms. The molecule has 0 saturated carbocycles. The van der Waals surface area contributed by atoms with Gasteiger partial charge in [-0.2, -0.15) is 0 Å². The van der Waals surface area contributed by atoms with Crippen molar-refractivity contribution in [2.45, 2.75) is 38.4 Å². The molecule has 2 rings (SSSR count). The topological polar surface area (TPSA) is 49.6 Å². The highest BCUT2D eigenvalue weighted by Crippen LogP contribution is 2.37. The lowest BCUT2D eigenvalue weighted by atomic mass is 9.92. The molecule has 2 unspecified atom stereocenters. The van der Waals surface area contributed by atoms with Crippen LogP contribution in [0.5, 0.6) is 0 Å². The van der Waals surface area contributed by atoms with Gasteiger partial charge < -0.3 is 10.6 Å². The number of halogens is 1. The summed E-state index contributed by atoms with van der Waals surface area (Å²) in [6.45, 7) is 7.58. The fraction of sp³-hybridized carbons (Fsp3) is 0.643. The van der Waals surface area contributed by atoms with Gasteiger partial charge in [0.05, 0.1) is 15.4 Å². The summed E-state index contributed by atoms with van der Waals surface area (Å²) >= 11 is 5.20. The first-order chi connectivity index (χ1) is 9.25. The Morgan fingerprint density at radius 3 is 2.55 bits per heavy atom. The van der Waals surface area contributed by atoms with E-state index in [1.807, 2.05) is 33.9 Å². The van der Waals surface area contributed by atoms with E-state index in [2.05, 4.69) is 26.9 Å². The van der Waals surface area contributed by atoms with Crippen molar-refractivity contribution in [1.29, 1.82) is 0 Å². The maximum absolute atomic E-state index is 12.5. The first-order valence-electron chi connectivity index (χ1n) is 6.78. The molecular weight excluding hydrogens is 338 g/mol. The van der Waals surface area contributed by atoms with Gasteiger partial charge in [0.15, 0.2) is 0 Å². The SMILES string of the molecule is CC(N)C(c1ccc(Br)s1)N1CCN(C)C(=O)C1(C)C. The Balaban J connectivity index is 2.37. The molecule has 1 fully saturated rings. The number of carbonyl (C=O) groups excluding carboxylic acids is 1. The zero-order valence-corrected chi connectivity index (χ0v) is 14.8. The summed E-state index contributed by atoms with van der Waals surface area (Å²) in [5.41, 5.74) is 5.71. The van der Waals surface area contributed by atoms with Crippen molar-refractivity contribution >= 4 is 33.2 Å². The van der Waals surface area contributed by atoms with Gasteiger partial charge in [-0.1, -0.05) is 0 Å². The first kappa shape index (κ1) is 15.9. The van der Waals surface area contributed by atoms with Gasteiger partial charge in [0.1, 0.15) is 0 Å². The minimum absolute atomic E-state index is 0.0315. The summed E-state index contributed by atoms with van der Waals surface area (Å²) in [6, 6.07) is 4.18. The zero-order chi connectivity index (χ0) is 15.1. The highest BCUT2D eigenvalue weighted by atomic mass is 79.9. The van der Waals surface area contributed by atoms with Crippen LogP contribution in [0, 0.1) is 0 Å². The van der Waals surface area contributed by atoms with E-state index in [1.165, 1.54) is 4.88 Å². The van der Waals surface area contributed by atoms with Gasteiger partial charge in [-0.15, -0.1) is 11.3 Å². The number of thiophene rings is 1. The standard InChI is InChI=1S/C14H22BrN3OS/c1-9(16)12(10-5-6-11(15)20-10)18-8-7-17(4)13(19)14(18,2)3/h5-6,9,12H,7-8,16H2,1-4H3. The van der Waals surface area contributed by atoms with Crippen LogP contribution in [0.15, 0.2) is 15.9 Å². The van der Waals surface area contributed by atoms with Gasteiger partial charge in [-0.25, -0.2) is 0 Å². The van der Waals surface area contributed by atoms with Crippen LogP contribution < -0.4 is 5.73 Å². The summed E-state index contributed by atoms with van der Waals surface area (Å²) in [5, 5.41) is 0. The predicted molar refractivity (Wildman–Crippen MR) is 86.8 cm³/mol. The lowest BCUT2D eigenvalue weighted by molar-refractivity contribution is -0.150. The third-order valence-electron chi connectivity index (χ3n) is 3.98. The molecule has 1 amide bonds. The van der Waals surface area contributed by atoms with Crippen molar-refractivity contribution in [2.24, 2.45) is 5.73 Å². The van der Waals surface area contributed by atoms with E-state index in [-0.39, 0.29) is 18.0 Å². The van der Waals surface area contributed by atoms with Crippen molar-refractivity contribution in [1.82, 2.24) is 9.80 Å². The van der Waals surface area contributed by atoms with E-state index in [9.17, 15) is 4.79 Å². The second kappa shape index (κ2) is 5.75. The number of amides is 1. The molecule has 0 spiro atoms. The Hall–Kier alpha value is -0.430. The Morgan fingerprint density at radius 2 is 2.05 bits per heavy atom. The third-order valence-corrected chi connectivity index (χ3v) is 5.68. The van der Waals surface area contributed by atoms with E-state index < -0.39 is 5.54 Å². The highest BCUT2D eigenvalue weighted by Gasteiger charge is 2.45. The summed E-state index contributed by atoms with van der Waals surface area (Å²) in [6.07, 6.45) is 0. The minimum Gasteiger partial charge on any atom is -0.343 e. The Bertz CT molecular complexity index is 500. The van der Waals surface area contributed by atoms with Crippen molar-refractivity contribution in [3.05, 3.63) is 20.8 Å². The lowest BCUT2D eigenvalue weighted by Gasteiger charge is -2.49. The minimum atomic E-state index is -0.526. The molecule has 1 aliphatic rings. The van der Waals surface area contributed by atoms with E-state index in [4.69, 9.17) is 5.73 Å². The van der Waals surface area contributed by atoms with Gasteiger partial charge in [-0.3, -0.25) is 9.69 Å². The van der Waals surface area contributed by atoms with Crippen molar-refractivity contribution in [3.63, 3.8) is 0 Å². The first-order valence-corrected chi connectivity index (χ1v) is 8.39. The van der Waals surface area contributed by atoms with Crippen LogP contribution in [0.4, 0.5) is 0 Å². The van der Waals surface area contributed by atoms with Gasteiger partial charge >= 0.3 is 0 Å². The molecule has 1 saturated heterocycles. The number of carbonyl (C=O) groups is 1. The van der Waals surface area contributed by atoms with E-state index in [0.717, 1.165) is 16.9 Å². The maximum Gasteiger partial charge on any atom is 0.242 e. The fourth-order valence-electron chi connectivity index (χ4n) is 2.90. The lowest BCUT2D eigenvalue weighted by Crippen LogP contribution is -2.64. The molecule has 1 aliphatic heterocycles. The summed E-state index contributed by atoms with van der Waals surface area (Å²) in [4.78, 5) is 17.7. The van der Waals surface area contributed by atoms with Crippen LogP contribution in [0.2, 0.25) is 0 Å². The number of nitrogens with zero attached hydrogens (tertiary/aromatic N) is 2. The summed E-state index contributed by atoms with van der Waals surface area (Å²) < 4.78 is 1.09. The number of nitrogens with two attached hydrogens (primary N) is 1. The van der Waals surface area contributed by atoms with Crippen molar-refractivity contribution in [2.75, 3.05) is 20.1 Å². The van der Waals surface area contributed by atoms with Crippen LogP contribution in [0.3, 0.4) is 0 Å². The smallest absolute Gasteiger partial charge is 0.242 e. The fourth-order valence-corrected chi connectivity index (χ4v) is 4.55. The monoisotopic (exact) mass is 359 g/mol. The van der Waals surface area contributed by atoms with Gasteiger partial charge in [0.25, 0.3) is 0 Å². The van der Waals surface area contributed by atoms with Crippen molar-refractivity contribution < 1.29 is 4.79 Å². The van der Waals surface area contributed by atoms with E-state index in [1.54, 1.807) is 16.2 Å². The van der Waals surface area contributed by atoms with Gasteiger partial charge in [0, 0.05) is 31.1 Å². The summed E-state index contributed by atoms with van der Waals surface area (Å²) in [7, 11) is 1.87. The quantitative estimate of drug-likeness (QED) is 0.901. The number of piperazine rings is 1. The van der Waals surface area contributed by atoms with Crippen LogP contribution in [-0.4, -0.2) is 47.4 Å². The van der Waals surface area contributed by atoms with Crippen LogP contribution in [0.1, 0.15) is 31.7 Å². The molecule has 2 atom stereocenters. The second-order valence-electron chi connectivity index (χ2n) is 5.92. The van der Waals surface area contributed by atoms with Crippen LogP contribution in [-0.2, 0) is 4.79 Å². The molecular formula is C14H22BrN3OS. The van der Waals surface area contributed by atoms with E-state index in [0.29, 0.717) is 0 Å². The number of hydrogen-bond acceptors (Lipinski definition) is 4. The van der Waals surface area contributed by atoms with Gasteiger partial charge in [-0.05, 0) is 48.8 Å². The molecule has 112 valence electrons. The molecule has 20 heavy (non-hydrogen) atoms. The Labute approximate surface area is 133 Å². The Morgan fingerprint density at radius 1 is 1.40 bits per heavy atom. The largest absolute Gasteiger partial charge is 0.343 e. The third kappa shape index (κ3) is 2.79. The molecule has 0 radical (unpaired) electrons. The number of rotatable bonds is 3. The second-order valence-corrected chi connectivity index (χ2v) is 8.42. The number of hydrogen-bond donors (Lipinski definition) is 1. The van der Waals surface area contributed by atoms with Crippen LogP contribution in [0.25, 0.3) is 0 Å². The Kier molecular flexibility index (Phi) is 4.59. The molecule has 0 aromatic carbocycles. The van der Waals surface area contributed by atoms with Crippen molar-refractivity contribution in [3.8, 4) is 0 Å². The molecule has 6 heteroatoms. The number of likely N-dealkylation sites (N-methyl/N-ethyl adjacent to an activating group) is 1. The maximum atomic E-state index is 12.5. The molecule has 2 N–H and O–H groups in total. The highest BCUT2D eigenvalue weighted by molar-refractivity contribution is 9.11. The predicted octanol–water partition coefficient (Wildman–Crippen LogP) is 2.45.